The zero-order valence-corrected chi connectivity index (χ0v) is 7.85. The maximum absolute atomic E-state index is 12.2. The summed E-state index contributed by atoms with van der Waals surface area (Å²) in [7, 11) is 0. The Morgan fingerprint density at radius 2 is 2.00 bits per heavy atom. The first kappa shape index (κ1) is 13.0. The Balaban J connectivity index is 3.76. The van der Waals surface area contributed by atoms with Crippen LogP contribution in [0.5, 0.6) is 0 Å². The molecule has 0 heterocycles. The minimum atomic E-state index is -4.04. The van der Waals surface area contributed by atoms with Crippen molar-refractivity contribution in [2.75, 3.05) is 13.1 Å². The fraction of sp³-hybridized carbons (Fsp3) is 0.667. The predicted octanol–water partition coefficient (Wildman–Crippen LogP) is 2.80. The lowest BCUT2D eigenvalue weighted by atomic mass is 10.3. The smallest absolute Gasteiger partial charge is 0.306 e. The van der Waals surface area contributed by atoms with E-state index in [2.05, 4.69) is 0 Å². The van der Waals surface area contributed by atoms with Crippen molar-refractivity contribution < 1.29 is 17.6 Å². The fourth-order valence-corrected chi connectivity index (χ4v) is 0.636. The van der Waals surface area contributed by atoms with Crippen molar-refractivity contribution in [3.63, 3.8) is 0 Å². The van der Waals surface area contributed by atoms with Gasteiger partial charge in [0.15, 0.2) is 0 Å². The molecule has 78 valence electrons. The summed E-state index contributed by atoms with van der Waals surface area (Å²) < 4.78 is 47.5. The van der Waals surface area contributed by atoms with Crippen molar-refractivity contribution in [3.8, 4) is 0 Å². The van der Waals surface area contributed by atoms with E-state index in [4.69, 9.17) is 23.2 Å². The molecule has 0 fully saturated rings. The molecule has 0 aliphatic carbocycles. The molecule has 0 amide bonds. The molecule has 0 bridgehead atoms. The average molecular weight is 240 g/mol. The Morgan fingerprint density at radius 1 is 1.46 bits per heavy atom. The molecule has 0 aliphatic rings. The lowest BCUT2D eigenvalue weighted by Crippen LogP contribution is -2.39. The maximum atomic E-state index is 12.2. The van der Waals surface area contributed by atoms with Crippen molar-refractivity contribution in [2.45, 2.75) is 12.3 Å². The van der Waals surface area contributed by atoms with Crippen molar-refractivity contribution >= 4 is 23.2 Å². The molecule has 13 heavy (non-hydrogen) atoms. The summed E-state index contributed by atoms with van der Waals surface area (Å²) in [5.41, 5.74) is 0.967. The molecule has 7 heteroatoms. The first-order valence-corrected chi connectivity index (χ1v) is 4.03. The summed E-state index contributed by atoms with van der Waals surface area (Å²) in [5, 5.41) is 2.12. The number of halogens is 6. The van der Waals surface area contributed by atoms with E-state index in [0.29, 0.717) is 0 Å². The van der Waals surface area contributed by atoms with Crippen LogP contribution in [0.2, 0.25) is 0 Å². The van der Waals surface area contributed by atoms with Crippen molar-refractivity contribution in [1.29, 1.82) is 0 Å². The quantitative estimate of drug-likeness (QED) is 0.728. The molecule has 0 aromatic carbocycles. The number of nitrogens with one attached hydrogen (secondary N) is 1. The normalized spacial score (nSPS) is 13.9. The van der Waals surface area contributed by atoms with Crippen molar-refractivity contribution in [2.24, 2.45) is 0 Å². The molecule has 0 saturated heterocycles. The van der Waals surface area contributed by atoms with Gasteiger partial charge in [-0.05, 0) is 0 Å². The molecule has 0 spiro atoms. The van der Waals surface area contributed by atoms with Gasteiger partial charge in [0.25, 0.3) is 0 Å². The highest BCUT2D eigenvalue weighted by Gasteiger charge is 2.39. The van der Waals surface area contributed by atoms with Gasteiger partial charge in [-0.15, -0.1) is 0 Å². The lowest BCUT2D eigenvalue weighted by Gasteiger charge is -2.15. The minimum absolute atomic E-state index is 0.0757. The average Bonchev–Trinajstić information content (AvgIpc) is 2.03. The second-order valence-corrected chi connectivity index (χ2v) is 2.92. The van der Waals surface area contributed by atoms with E-state index < -0.39 is 18.9 Å². The summed E-state index contributed by atoms with van der Waals surface area (Å²) >= 11 is 10.4. The Labute approximate surface area is 82.7 Å². The maximum Gasteiger partial charge on any atom is 0.319 e. The van der Waals surface area contributed by atoms with Crippen LogP contribution in [-0.2, 0) is 0 Å². The van der Waals surface area contributed by atoms with Crippen LogP contribution >= 0.6 is 23.2 Å². The third-order valence-electron chi connectivity index (χ3n) is 1.09. The molecule has 0 aromatic heterocycles. The van der Waals surface area contributed by atoms with Crippen LogP contribution in [0.15, 0.2) is 10.6 Å². The van der Waals surface area contributed by atoms with Crippen LogP contribution in [0.1, 0.15) is 0 Å². The minimum Gasteiger partial charge on any atom is -0.306 e. The van der Waals surface area contributed by atoms with Crippen LogP contribution in [0.25, 0.3) is 0 Å². The van der Waals surface area contributed by atoms with E-state index in [-0.39, 0.29) is 11.6 Å². The number of hydrogen-bond donors (Lipinski definition) is 1. The Hall–Kier alpha value is -0.0000000000000000555. The van der Waals surface area contributed by atoms with Crippen molar-refractivity contribution in [1.82, 2.24) is 5.32 Å². The number of hydrogen-bond acceptors (Lipinski definition) is 1. The summed E-state index contributed by atoms with van der Waals surface area (Å²) in [5.74, 6) is -4.04. The third kappa shape index (κ3) is 5.33. The first-order valence-electron chi connectivity index (χ1n) is 3.21. The first-order chi connectivity index (χ1) is 5.90. The Morgan fingerprint density at radius 3 is 2.38 bits per heavy atom. The largest absolute Gasteiger partial charge is 0.319 e. The molecule has 0 saturated carbocycles. The molecule has 0 atom stereocenters. The summed E-state index contributed by atoms with van der Waals surface area (Å²) in [6.45, 7) is -1.29. The Kier molecular flexibility index (Phi) is 5.67. The number of rotatable bonds is 5. The molecule has 0 aliphatic heterocycles. The van der Waals surface area contributed by atoms with E-state index in [1.165, 1.54) is 0 Å². The molecule has 0 unspecified atom stereocenters. The summed E-state index contributed by atoms with van der Waals surface area (Å²) in [6, 6.07) is 0. The topological polar surface area (TPSA) is 12.0 Å². The van der Waals surface area contributed by atoms with Gasteiger partial charge < -0.3 is 5.32 Å². The van der Waals surface area contributed by atoms with Gasteiger partial charge in [0.1, 0.15) is 0 Å². The van der Waals surface area contributed by atoms with Crippen LogP contribution in [-0.4, -0.2) is 25.4 Å². The van der Waals surface area contributed by atoms with Gasteiger partial charge in [0, 0.05) is 17.1 Å². The molecule has 1 nitrogen and oxygen atoms in total. The number of alkyl halides is 4. The molecule has 0 radical (unpaired) electrons. The fourth-order valence-electron chi connectivity index (χ4n) is 0.464. The predicted molar refractivity (Wildman–Crippen MR) is 43.6 cm³/mol. The third-order valence-corrected chi connectivity index (χ3v) is 1.71. The van der Waals surface area contributed by atoms with Gasteiger partial charge in [-0.25, -0.2) is 8.78 Å². The zero-order valence-electron chi connectivity index (χ0n) is 6.34. The van der Waals surface area contributed by atoms with Crippen LogP contribution in [0.4, 0.5) is 17.6 Å². The Bertz CT molecular complexity index is 183. The van der Waals surface area contributed by atoms with Crippen molar-refractivity contribution in [3.05, 3.63) is 10.6 Å². The molecule has 0 aromatic rings. The highest BCUT2D eigenvalue weighted by Crippen LogP contribution is 2.21. The molecule has 0 rings (SSSR count). The highest BCUT2D eigenvalue weighted by atomic mass is 35.5. The highest BCUT2D eigenvalue weighted by molar-refractivity contribution is 6.36. The zero-order chi connectivity index (χ0) is 10.5. The second-order valence-electron chi connectivity index (χ2n) is 2.22. The van der Waals surface area contributed by atoms with E-state index in [1.54, 1.807) is 0 Å². The van der Waals surface area contributed by atoms with E-state index in [0.717, 1.165) is 5.54 Å². The van der Waals surface area contributed by atoms with Crippen LogP contribution in [0.3, 0.4) is 0 Å². The summed E-state index contributed by atoms with van der Waals surface area (Å²) in [6.07, 6.45) is -3.68. The van der Waals surface area contributed by atoms with Crippen LogP contribution < -0.4 is 5.32 Å². The molecule has 1 N–H and O–H groups in total. The summed E-state index contributed by atoms with van der Waals surface area (Å²) in [4.78, 5) is 0. The lowest BCUT2D eigenvalue weighted by molar-refractivity contribution is -0.124. The van der Waals surface area contributed by atoms with Gasteiger partial charge in [-0.3, -0.25) is 0 Å². The SMILES string of the molecule is FC(F)C(F)(F)CNCC(Cl)=CCl. The van der Waals surface area contributed by atoms with Crippen LogP contribution in [0, 0.1) is 0 Å². The monoisotopic (exact) mass is 239 g/mol. The molecular weight excluding hydrogens is 233 g/mol. The van der Waals surface area contributed by atoms with E-state index in [1.807, 2.05) is 5.32 Å². The van der Waals surface area contributed by atoms with E-state index >= 15 is 0 Å². The standard InChI is InChI=1S/C6H7Cl2F4N/c7-1-4(8)2-13-3-6(11,12)5(9)10/h1,5,13H,2-3H2. The second kappa shape index (κ2) is 5.67. The van der Waals surface area contributed by atoms with Gasteiger partial charge in [-0.2, -0.15) is 8.78 Å². The van der Waals surface area contributed by atoms with Gasteiger partial charge in [-0.1, -0.05) is 23.2 Å². The molecular formula is C6H7Cl2F4N. The van der Waals surface area contributed by atoms with Gasteiger partial charge in [0.05, 0.1) is 6.54 Å². The van der Waals surface area contributed by atoms with Gasteiger partial charge in [0.2, 0.25) is 0 Å². The van der Waals surface area contributed by atoms with E-state index in [9.17, 15) is 17.6 Å². The van der Waals surface area contributed by atoms with Gasteiger partial charge >= 0.3 is 12.3 Å².